The Morgan fingerprint density at radius 2 is 1.62 bits per heavy atom. The van der Waals surface area contributed by atoms with Crippen molar-refractivity contribution in [1.82, 2.24) is 0 Å². The summed E-state index contributed by atoms with van der Waals surface area (Å²) in [4.78, 5) is 11.7. The van der Waals surface area contributed by atoms with Crippen LogP contribution in [-0.4, -0.2) is 5.78 Å². The highest BCUT2D eigenvalue weighted by Gasteiger charge is 2.17. The molecule has 0 aromatic carbocycles. The zero-order valence-electron chi connectivity index (χ0n) is 9.81. The van der Waals surface area contributed by atoms with Crippen molar-refractivity contribution in [2.75, 3.05) is 0 Å². The molecule has 0 aromatic heterocycles. The lowest BCUT2D eigenvalue weighted by atomic mass is 9.86. The van der Waals surface area contributed by atoms with Crippen molar-refractivity contribution < 1.29 is 4.79 Å². The molecule has 0 amide bonds. The Balaban J connectivity index is 3.86. The zero-order chi connectivity index (χ0) is 10.5. The Kier molecular flexibility index (Phi) is 5.27. The number of hydrogen-bond acceptors (Lipinski definition) is 1. The molecule has 0 aromatic rings. The predicted octanol–water partition coefficient (Wildman–Crippen LogP) is 3.82. The van der Waals surface area contributed by atoms with Crippen LogP contribution in [-0.2, 0) is 4.79 Å². The molecule has 13 heavy (non-hydrogen) atoms. The summed E-state index contributed by atoms with van der Waals surface area (Å²) in [7, 11) is 0. The summed E-state index contributed by atoms with van der Waals surface area (Å²) in [6.45, 7) is 10.8. The molecule has 0 unspecified atom stereocenters. The smallest absolute Gasteiger partial charge is 0.135 e. The van der Waals surface area contributed by atoms with E-state index in [4.69, 9.17) is 0 Å². The van der Waals surface area contributed by atoms with E-state index in [1.165, 1.54) is 0 Å². The lowest BCUT2D eigenvalue weighted by Gasteiger charge is -2.19. The van der Waals surface area contributed by atoms with Gasteiger partial charge in [0.2, 0.25) is 0 Å². The zero-order valence-corrected chi connectivity index (χ0v) is 9.81. The average molecular weight is 184 g/mol. The normalized spacial score (nSPS) is 12.2. The topological polar surface area (TPSA) is 17.1 Å². The minimum absolute atomic E-state index is 0.293. The van der Waals surface area contributed by atoms with E-state index >= 15 is 0 Å². The summed E-state index contributed by atoms with van der Waals surface area (Å²) in [5.41, 5.74) is 0.293. The van der Waals surface area contributed by atoms with Crippen LogP contribution < -0.4 is 0 Å². The van der Waals surface area contributed by atoms with Crippen LogP contribution in [0.2, 0.25) is 0 Å². The molecular weight excluding hydrogens is 160 g/mol. The van der Waals surface area contributed by atoms with Crippen LogP contribution in [0.5, 0.6) is 0 Å². The van der Waals surface area contributed by atoms with Gasteiger partial charge in [0.05, 0.1) is 0 Å². The second-order valence-electron chi connectivity index (χ2n) is 5.04. The Morgan fingerprint density at radius 3 is 1.92 bits per heavy atom. The summed E-state index contributed by atoms with van der Waals surface area (Å²) in [5.74, 6) is 0.766. The molecule has 0 aliphatic rings. The van der Waals surface area contributed by atoms with Gasteiger partial charge in [-0.25, -0.2) is 0 Å². The van der Waals surface area contributed by atoms with Gasteiger partial charge in [0.25, 0.3) is 0 Å². The second-order valence-corrected chi connectivity index (χ2v) is 5.04. The second kappa shape index (κ2) is 5.41. The first kappa shape index (κ1) is 12.7. The molecule has 0 aliphatic heterocycles. The minimum atomic E-state index is 0.293. The summed E-state index contributed by atoms with van der Waals surface area (Å²) in [5, 5.41) is 0. The van der Waals surface area contributed by atoms with Crippen LogP contribution in [0.15, 0.2) is 0 Å². The molecule has 1 heteroatoms. The highest BCUT2D eigenvalue weighted by molar-refractivity contribution is 5.80. The van der Waals surface area contributed by atoms with Gasteiger partial charge in [-0.1, -0.05) is 34.6 Å². The van der Waals surface area contributed by atoms with Gasteiger partial charge in [0.1, 0.15) is 5.78 Å². The molecule has 0 atom stereocenters. The molecule has 0 bridgehead atoms. The minimum Gasteiger partial charge on any atom is -0.299 e. The van der Waals surface area contributed by atoms with E-state index in [1.807, 2.05) is 0 Å². The molecule has 78 valence electrons. The number of carbonyl (C=O) groups is 1. The van der Waals surface area contributed by atoms with Gasteiger partial charge in [0, 0.05) is 12.3 Å². The number of ketones is 1. The fraction of sp³-hybridized carbons (Fsp3) is 0.917. The van der Waals surface area contributed by atoms with Crippen molar-refractivity contribution in [2.45, 2.75) is 60.3 Å². The van der Waals surface area contributed by atoms with Crippen LogP contribution in [0, 0.1) is 11.3 Å². The van der Waals surface area contributed by atoms with Crippen molar-refractivity contribution in [3.8, 4) is 0 Å². The molecular formula is C12H24O. The van der Waals surface area contributed by atoms with E-state index in [1.54, 1.807) is 0 Å². The highest BCUT2D eigenvalue weighted by Crippen LogP contribution is 2.23. The molecule has 0 saturated heterocycles. The van der Waals surface area contributed by atoms with Gasteiger partial charge in [-0.2, -0.15) is 0 Å². The van der Waals surface area contributed by atoms with Crippen LogP contribution in [0.4, 0.5) is 0 Å². The summed E-state index contributed by atoms with van der Waals surface area (Å²) in [6.07, 6.45) is 3.77. The van der Waals surface area contributed by atoms with Gasteiger partial charge in [-0.15, -0.1) is 0 Å². The number of Topliss-reactive ketones (excluding diaryl/α,β-unsaturated/α-hetero) is 1. The first-order chi connectivity index (χ1) is 5.90. The Morgan fingerprint density at radius 1 is 1.15 bits per heavy atom. The van der Waals surface area contributed by atoms with Crippen molar-refractivity contribution in [2.24, 2.45) is 11.3 Å². The molecule has 0 rings (SSSR count). The number of rotatable bonds is 5. The van der Waals surface area contributed by atoms with Crippen molar-refractivity contribution >= 4 is 5.78 Å². The van der Waals surface area contributed by atoms with E-state index in [0.29, 0.717) is 17.1 Å². The third-order valence-electron chi connectivity index (χ3n) is 2.56. The van der Waals surface area contributed by atoms with Gasteiger partial charge >= 0.3 is 0 Å². The molecule has 1 nitrogen and oxygen atoms in total. The Labute approximate surface area is 82.9 Å². The largest absolute Gasteiger partial charge is 0.299 e. The third-order valence-corrected chi connectivity index (χ3v) is 2.56. The van der Waals surface area contributed by atoms with Crippen LogP contribution in [0.1, 0.15) is 60.3 Å². The Hall–Kier alpha value is -0.330. The lowest BCUT2D eigenvalue weighted by Crippen LogP contribution is -2.16. The van der Waals surface area contributed by atoms with Crippen molar-refractivity contribution in [3.05, 3.63) is 0 Å². The molecule has 0 heterocycles. The van der Waals surface area contributed by atoms with E-state index in [2.05, 4.69) is 34.6 Å². The molecule has 0 saturated carbocycles. The Bertz CT molecular complexity index is 149. The molecule has 0 N–H and O–H groups in total. The first-order valence-corrected chi connectivity index (χ1v) is 5.43. The van der Waals surface area contributed by atoms with E-state index < -0.39 is 0 Å². The molecule has 0 aliphatic carbocycles. The van der Waals surface area contributed by atoms with Crippen molar-refractivity contribution in [3.63, 3.8) is 0 Å². The van der Waals surface area contributed by atoms with E-state index in [0.717, 1.165) is 25.7 Å². The van der Waals surface area contributed by atoms with E-state index in [9.17, 15) is 4.79 Å². The highest BCUT2D eigenvalue weighted by atomic mass is 16.1. The van der Waals surface area contributed by atoms with Crippen LogP contribution in [0.25, 0.3) is 0 Å². The number of hydrogen-bond donors (Lipinski definition) is 0. The van der Waals surface area contributed by atoms with E-state index in [-0.39, 0.29) is 0 Å². The van der Waals surface area contributed by atoms with Crippen molar-refractivity contribution in [1.29, 1.82) is 0 Å². The SMILES string of the molecule is CCC(CC)C(=O)CCC(C)(C)C. The van der Waals surface area contributed by atoms with Crippen LogP contribution >= 0.6 is 0 Å². The quantitative estimate of drug-likeness (QED) is 0.635. The van der Waals surface area contributed by atoms with Gasteiger partial charge in [0.15, 0.2) is 0 Å². The fourth-order valence-electron chi connectivity index (χ4n) is 1.45. The van der Waals surface area contributed by atoms with Crippen LogP contribution in [0.3, 0.4) is 0 Å². The maximum Gasteiger partial charge on any atom is 0.135 e. The maximum atomic E-state index is 11.7. The molecule has 0 fully saturated rings. The number of carbonyl (C=O) groups excluding carboxylic acids is 1. The summed E-state index contributed by atoms with van der Waals surface area (Å²) >= 11 is 0. The molecule has 0 radical (unpaired) electrons. The fourth-order valence-corrected chi connectivity index (χ4v) is 1.45. The maximum absolute atomic E-state index is 11.7. The van der Waals surface area contributed by atoms with Gasteiger partial charge in [-0.3, -0.25) is 4.79 Å². The molecule has 0 spiro atoms. The average Bonchev–Trinajstić information content (AvgIpc) is 2.02. The van der Waals surface area contributed by atoms with Gasteiger partial charge < -0.3 is 0 Å². The standard InChI is InChI=1S/C12H24O/c1-6-10(7-2)11(13)8-9-12(3,4)5/h10H,6-9H2,1-5H3. The lowest BCUT2D eigenvalue weighted by molar-refractivity contribution is -0.123. The monoisotopic (exact) mass is 184 g/mol. The summed E-state index contributed by atoms with van der Waals surface area (Å²) in [6, 6.07) is 0. The predicted molar refractivity (Wildman–Crippen MR) is 57.8 cm³/mol. The third kappa shape index (κ3) is 5.84. The summed E-state index contributed by atoms with van der Waals surface area (Å²) < 4.78 is 0. The van der Waals surface area contributed by atoms with Gasteiger partial charge in [-0.05, 0) is 24.7 Å². The first-order valence-electron chi connectivity index (χ1n) is 5.43.